The summed E-state index contributed by atoms with van der Waals surface area (Å²) in [5.41, 5.74) is 8.56. The molecule has 2 aromatic carbocycles. The lowest BCUT2D eigenvalue weighted by Crippen LogP contribution is -2.24. The highest BCUT2D eigenvalue weighted by molar-refractivity contribution is 5.86. The van der Waals surface area contributed by atoms with Gasteiger partial charge in [0.1, 0.15) is 0 Å². The quantitative estimate of drug-likeness (QED) is 0.253. The summed E-state index contributed by atoms with van der Waals surface area (Å²) in [5.74, 6) is 0. The van der Waals surface area contributed by atoms with Crippen LogP contribution in [0.2, 0.25) is 0 Å². The van der Waals surface area contributed by atoms with Crippen molar-refractivity contribution in [2.45, 2.75) is 121 Å². The van der Waals surface area contributed by atoms with Gasteiger partial charge in [0.05, 0.1) is 6.10 Å². The van der Waals surface area contributed by atoms with Crippen molar-refractivity contribution in [1.82, 2.24) is 9.13 Å². The molecule has 3 nitrogen and oxygen atoms in total. The SMILES string of the molecule is CC.CC.CC.CC.Cc1c2n(c3ccccc13)CC(O)CC2.Cc1c2n(c3ccccc13)CCCC2. The van der Waals surface area contributed by atoms with Gasteiger partial charge in [-0.15, -0.1) is 0 Å². The lowest BCUT2D eigenvalue weighted by molar-refractivity contribution is 0.133. The normalized spacial score (nSPS) is 14.9. The largest absolute Gasteiger partial charge is 0.391 e. The minimum Gasteiger partial charge on any atom is -0.391 e. The number of rotatable bonds is 0. The smallest absolute Gasteiger partial charge is 0.0723 e. The number of hydrogen-bond donors (Lipinski definition) is 1. The zero-order valence-electron chi connectivity index (χ0n) is 25.5. The summed E-state index contributed by atoms with van der Waals surface area (Å²) in [6.45, 7) is 22.4. The molecular weight excluding hydrogens is 452 g/mol. The molecule has 4 heterocycles. The first-order chi connectivity index (χ1) is 18.1. The molecule has 2 aliphatic heterocycles. The van der Waals surface area contributed by atoms with E-state index in [1.807, 2.05) is 55.4 Å². The lowest BCUT2D eigenvalue weighted by Gasteiger charge is -2.21. The van der Waals surface area contributed by atoms with E-state index in [1.165, 1.54) is 64.4 Å². The van der Waals surface area contributed by atoms with Gasteiger partial charge >= 0.3 is 0 Å². The third-order valence-corrected chi connectivity index (χ3v) is 6.87. The standard InChI is InChI=1S/C13H15NO.C13H15N.4C2H6/c1-9-11-4-2-3-5-13(11)14-8-10(15)6-7-12(9)14;1-10-11-6-2-3-8-13(11)14-9-5-4-7-12(10)14;4*1-2/h2-5,10,15H,6-8H2,1H3;2-3,6,8H,4-5,7,9H2,1H3;4*1-2H3. The highest BCUT2D eigenvalue weighted by atomic mass is 16.3. The predicted molar refractivity (Wildman–Crippen MR) is 166 cm³/mol. The van der Waals surface area contributed by atoms with Crippen LogP contribution in [-0.2, 0) is 25.9 Å². The molecule has 0 aliphatic carbocycles. The fourth-order valence-corrected chi connectivity index (χ4v) is 5.34. The van der Waals surface area contributed by atoms with Crippen molar-refractivity contribution >= 4 is 21.8 Å². The topological polar surface area (TPSA) is 30.1 Å². The van der Waals surface area contributed by atoms with Crippen molar-refractivity contribution in [2.75, 3.05) is 0 Å². The van der Waals surface area contributed by atoms with Crippen molar-refractivity contribution in [2.24, 2.45) is 0 Å². The number of nitrogens with zero attached hydrogens (tertiary/aromatic N) is 2. The highest BCUT2D eigenvalue weighted by Gasteiger charge is 2.21. The van der Waals surface area contributed by atoms with E-state index in [4.69, 9.17) is 0 Å². The third kappa shape index (κ3) is 7.29. The van der Waals surface area contributed by atoms with E-state index in [0.29, 0.717) is 0 Å². The molecule has 6 rings (SSSR count). The Hall–Kier alpha value is -2.52. The van der Waals surface area contributed by atoms with Crippen molar-refractivity contribution in [3.05, 3.63) is 71.0 Å². The van der Waals surface area contributed by atoms with Gasteiger partial charge in [-0.25, -0.2) is 0 Å². The van der Waals surface area contributed by atoms with Crippen LogP contribution in [0.3, 0.4) is 0 Å². The minimum atomic E-state index is -0.173. The van der Waals surface area contributed by atoms with Crippen LogP contribution >= 0.6 is 0 Å². The Morgan fingerprint density at radius 3 is 1.62 bits per heavy atom. The Bertz CT molecular complexity index is 1180. The van der Waals surface area contributed by atoms with Crippen LogP contribution in [0.5, 0.6) is 0 Å². The summed E-state index contributed by atoms with van der Waals surface area (Å²) in [6.07, 6.45) is 5.69. The molecular formula is C34H54N2O. The summed E-state index contributed by atoms with van der Waals surface area (Å²) in [5, 5.41) is 12.5. The first-order valence-electron chi connectivity index (χ1n) is 15.0. The fourth-order valence-electron chi connectivity index (χ4n) is 5.34. The van der Waals surface area contributed by atoms with Crippen LogP contribution < -0.4 is 0 Å². The average molecular weight is 507 g/mol. The predicted octanol–water partition coefficient (Wildman–Crippen LogP) is 9.65. The molecule has 2 aromatic heterocycles. The molecule has 37 heavy (non-hydrogen) atoms. The van der Waals surface area contributed by atoms with Crippen LogP contribution in [0.15, 0.2) is 48.5 Å². The number of aromatic nitrogens is 2. The molecule has 1 N–H and O–H groups in total. The van der Waals surface area contributed by atoms with Crippen LogP contribution in [0.1, 0.15) is 97.2 Å². The van der Waals surface area contributed by atoms with Crippen molar-refractivity contribution in [3.8, 4) is 0 Å². The molecule has 0 spiro atoms. The summed E-state index contributed by atoms with van der Waals surface area (Å²) < 4.78 is 4.78. The van der Waals surface area contributed by atoms with Gasteiger partial charge in [-0.05, 0) is 69.2 Å². The maximum absolute atomic E-state index is 9.70. The molecule has 0 saturated carbocycles. The van der Waals surface area contributed by atoms with Crippen LogP contribution in [0.25, 0.3) is 21.8 Å². The van der Waals surface area contributed by atoms with E-state index in [0.717, 1.165) is 19.4 Å². The minimum absolute atomic E-state index is 0.173. The van der Waals surface area contributed by atoms with Crippen molar-refractivity contribution in [3.63, 3.8) is 0 Å². The van der Waals surface area contributed by atoms with Crippen LogP contribution in [0, 0.1) is 13.8 Å². The molecule has 0 fully saturated rings. The molecule has 0 saturated heterocycles. The first-order valence-corrected chi connectivity index (χ1v) is 15.0. The molecule has 0 bridgehead atoms. The maximum Gasteiger partial charge on any atom is 0.0723 e. The number of aliphatic hydroxyl groups is 1. The summed E-state index contributed by atoms with van der Waals surface area (Å²) in [7, 11) is 0. The summed E-state index contributed by atoms with van der Waals surface area (Å²) >= 11 is 0. The Balaban J connectivity index is 0.000000293. The molecule has 0 amide bonds. The average Bonchev–Trinajstić information content (AvgIpc) is 3.44. The number of para-hydroxylation sites is 2. The Labute approximate surface area is 227 Å². The van der Waals surface area contributed by atoms with E-state index < -0.39 is 0 Å². The second-order valence-corrected chi connectivity index (χ2v) is 8.59. The van der Waals surface area contributed by atoms with Gasteiger partial charge in [0.25, 0.3) is 0 Å². The zero-order valence-corrected chi connectivity index (χ0v) is 25.5. The van der Waals surface area contributed by atoms with Gasteiger partial charge in [0, 0.05) is 46.3 Å². The van der Waals surface area contributed by atoms with Crippen LogP contribution in [-0.4, -0.2) is 20.3 Å². The molecule has 4 aromatic rings. The number of hydrogen-bond acceptors (Lipinski definition) is 1. The van der Waals surface area contributed by atoms with Gasteiger partial charge in [-0.1, -0.05) is 91.8 Å². The Morgan fingerprint density at radius 2 is 1.08 bits per heavy atom. The Kier molecular flexibility index (Phi) is 15.0. The van der Waals surface area contributed by atoms with E-state index >= 15 is 0 Å². The molecule has 1 unspecified atom stereocenters. The third-order valence-electron chi connectivity index (χ3n) is 6.87. The monoisotopic (exact) mass is 506 g/mol. The number of aryl methyl sites for hydroxylation is 3. The van der Waals surface area contributed by atoms with E-state index in [2.05, 4.69) is 71.5 Å². The zero-order chi connectivity index (χ0) is 28.0. The van der Waals surface area contributed by atoms with E-state index in [1.54, 1.807) is 5.69 Å². The summed E-state index contributed by atoms with van der Waals surface area (Å²) in [4.78, 5) is 0. The summed E-state index contributed by atoms with van der Waals surface area (Å²) in [6, 6.07) is 17.2. The van der Waals surface area contributed by atoms with Crippen molar-refractivity contribution in [1.29, 1.82) is 0 Å². The number of fused-ring (bicyclic) bond motifs is 6. The number of benzene rings is 2. The van der Waals surface area contributed by atoms with Crippen LogP contribution in [0.4, 0.5) is 0 Å². The van der Waals surface area contributed by atoms with E-state index in [9.17, 15) is 5.11 Å². The molecule has 2 aliphatic rings. The van der Waals surface area contributed by atoms with E-state index in [-0.39, 0.29) is 6.10 Å². The van der Waals surface area contributed by atoms with Gasteiger partial charge in [-0.3, -0.25) is 0 Å². The molecule has 0 radical (unpaired) electrons. The Morgan fingerprint density at radius 1 is 0.622 bits per heavy atom. The van der Waals surface area contributed by atoms with Gasteiger partial charge in [-0.2, -0.15) is 0 Å². The molecule has 1 atom stereocenters. The highest BCUT2D eigenvalue weighted by Crippen LogP contribution is 2.30. The lowest BCUT2D eigenvalue weighted by atomic mass is 10.0. The second kappa shape index (κ2) is 17.1. The second-order valence-electron chi connectivity index (χ2n) is 8.59. The number of aliphatic hydroxyl groups excluding tert-OH is 1. The fraction of sp³-hybridized carbons (Fsp3) is 0.529. The van der Waals surface area contributed by atoms with Gasteiger partial charge in [0.2, 0.25) is 0 Å². The van der Waals surface area contributed by atoms with Gasteiger partial charge < -0.3 is 14.2 Å². The first kappa shape index (κ1) is 32.5. The maximum atomic E-state index is 9.70. The molecule has 206 valence electrons. The van der Waals surface area contributed by atoms with Crippen molar-refractivity contribution < 1.29 is 5.11 Å². The van der Waals surface area contributed by atoms with Gasteiger partial charge in [0.15, 0.2) is 0 Å². The molecule has 3 heteroatoms.